The predicted molar refractivity (Wildman–Crippen MR) is 106 cm³/mol. The summed E-state index contributed by atoms with van der Waals surface area (Å²) in [5.74, 6) is 0.216. The zero-order valence-corrected chi connectivity index (χ0v) is 16.2. The summed E-state index contributed by atoms with van der Waals surface area (Å²) >= 11 is 0. The zero-order chi connectivity index (χ0) is 18.9. The summed E-state index contributed by atoms with van der Waals surface area (Å²) in [5.41, 5.74) is 3.45. The normalized spacial score (nSPS) is 22.2. The number of benzene rings is 1. The molecular formula is C21H29N5O. The summed E-state index contributed by atoms with van der Waals surface area (Å²) in [5, 5.41) is 10.7. The lowest BCUT2D eigenvalue weighted by molar-refractivity contribution is -0.134. The van der Waals surface area contributed by atoms with Gasteiger partial charge in [-0.2, -0.15) is 5.10 Å². The van der Waals surface area contributed by atoms with E-state index in [-0.39, 0.29) is 11.9 Å². The number of aromatic amines is 1. The standard InChI is InChI=1S/C21H29N5O/c1-25(14-17-13-23-24-19(17)16-6-4-3-5-7-16)20(27)18-12-21(15-26(18)2)8-10-22-11-9-21/h3-7,13,18,22H,8-12,14-15H2,1-2H3,(H,23,24). The van der Waals surface area contributed by atoms with Crippen molar-refractivity contribution in [3.63, 3.8) is 0 Å². The highest BCUT2D eigenvalue weighted by atomic mass is 16.2. The van der Waals surface area contributed by atoms with Crippen molar-refractivity contribution in [3.05, 3.63) is 42.1 Å². The van der Waals surface area contributed by atoms with Gasteiger partial charge in [0.25, 0.3) is 0 Å². The number of carbonyl (C=O) groups excluding carboxylic acids is 1. The molecule has 2 fully saturated rings. The fourth-order valence-electron chi connectivity index (χ4n) is 4.74. The van der Waals surface area contributed by atoms with Gasteiger partial charge in [-0.1, -0.05) is 30.3 Å². The lowest BCUT2D eigenvalue weighted by Gasteiger charge is -2.33. The number of amides is 1. The van der Waals surface area contributed by atoms with Gasteiger partial charge in [-0.3, -0.25) is 14.8 Å². The molecule has 0 aliphatic carbocycles. The molecule has 0 radical (unpaired) electrons. The van der Waals surface area contributed by atoms with E-state index in [1.54, 1.807) is 0 Å². The molecule has 0 saturated carbocycles. The Bertz CT molecular complexity index is 781. The number of aromatic nitrogens is 2. The monoisotopic (exact) mass is 367 g/mol. The van der Waals surface area contributed by atoms with Gasteiger partial charge < -0.3 is 10.2 Å². The highest BCUT2D eigenvalue weighted by molar-refractivity contribution is 5.82. The number of H-pyrrole nitrogens is 1. The summed E-state index contributed by atoms with van der Waals surface area (Å²) in [6.07, 6.45) is 5.15. The van der Waals surface area contributed by atoms with Gasteiger partial charge in [0, 0.05) is 25.7 Å². The van der Waals surface area contributed by atoms with E-state index in [1.165, 1.54) is 12.8 Å². The summed E-state index contributed by atoms with van der Waals surface area (Å²) in [6, 6.07) is 10.1. The predicted octanol–water partition coefficient (Wildman–Crippen LogP) is 2.11. The molecule has 3 heterocycles. The second-order valence-electron chi connectivity index (χ2n) is 8.22. The Labute approximate surface area is 160 Å². The highest BCUT2D eigenvalue weighted by Gasteiger charge is 2.46. The lowest BCUT2D eigenvalue weighted by Crippen LogP contribution is -2.42. The van der Waals surface area contributed by atoms with Crippen LogP contribution in [0.4, 0.5) is 0 Å². The van der Waals surface area contributed by atoms with Crippen molar-refractivity contribution in [2.24, 2.45) is 5.41 Å². The van der Waals surface area contributed by atoms with Crippen molar-refractivity contribution in [2.45, 2.75) is 31.8 Å². The van der Waals surface area contributed by atoms with Gasteiger partial charge in [0.15, 0.2) is 0 Å². The first-order chi connectivity index (χ1) is 13.1. The molecular weight excluding hydrogens is 338 g/mol. The largest absolute Gasteiger partial charge is 0.340 e. The Morgan fingerprint density at radius 3 is 2.78 bits per heavy atom. The smallest absolute Gasteiger partial charge is 0.239 e. The van der Waals surface area contributed by atoms with E-state index in [9.17, 15) is 4.79 Å². The molecule has 144 valence electrons. The Hall–Kier alpha value is -2.18. The van der Waals surface area contributed by atoms with Gasteiger partial charge in [0.05, 0.1) is 17.9 Å². The molecule has 2 aliphatic rings. The van der Waals surface area contributed by atoms with Gasteiger partial charge in [-0.25, -0.2) is 0 Å². The van der Waals surface area contributed by atoms with Crippen LogP contribution in [-0.4, -0.2) is 65.7 Å². The van der Waals surface area contributed by atoms with Crippen LogP contribution in [0.25, 0.3) is 11.3 Å². The number of hydrogen-bond donors (Lipinski definition) is 2. The van der Waals surface area contributed by atoms with Crippen LogP contribution in [0.2, 0.25) is 0 Å². The number of rotatable bonds is 4. The third-order valence-electron chi connectivity index (χ3n) is 6.26. The molecule has 2 aliphatic heterocycles. The molecule has 1 spiro atoms. The molecule has 4 rings (SSSR count). The van der Waals surface area contributed by atoms with Crippen LogP contribution >= 0.6 is 0 Å². The van der Waals surface area contributed by atoms with Crippen molar-refractivity contribution in [1.82, 2.24) is 25.3 Å². The molecule has 6 heteroatoms. The van der Waals surface area contributed by atoms with E-state index in [0.29, 0.717) is 12.0 Å². The number of nitrogens with zero attached hydrogens (tertiary/aromatic N) is 3. The maximum absolute atomic E-state index is 13.2. The number of hydrogen-bond acceptors (Lipinski definition) is 4. The minimum Gasteiger partial charge on any atom is -0.340 e. The van der Waals surface area contributed by atoms with Gasteiger partial charge in [0.2, 0.25) is 5.91 Å². The van der Waals surface area contributed by atoms with Crippen LogP contribution < -0.4 is 5.32 Å². The van der Waals surface area contributed by atoms with Crippen molar-refractivity contribution >= 4 is 5.91 Å². The quantitative estimate of drug-likeness (QED) is 0.869. The Kier molecular flexibility index (Phi) is 5.02. The van der Waals surface area contributed by atoms with Crippen LogP contribution in [0.15, 0.2) is 36.5 Å². The molecule has 2 saturated heterocycles. The first-order valence-corrected chi connectivity index (χ1v) is 9.82. The third kappa shape index (κ3) is 3.64. The van der Waals surface area contributed by atoms with Gasteiger partial charge >= 0.3 is 0 Å². The van der Waals surface area contributed by atoms with E-state index >= 15 is 0 Å². The maximum Gasteiger partial charge on any atom is 0.239 e. The first-order valence-electron chi connectivity index (χ1n) is 9.82. The molecule has 1 amide bonds. The molecule has 1 aromatic carbocycles. The summed E-state index contributed by atoms with van der Waals surface area (Å²) in [7, 11) is 4.01. The molecule has 1 atom stereocenters. The minimum absolute atomic E-state index is 0.0137. The average molecular weight is 367 g/mol. The third-order valence-corrected chi connectivity index (χ3v) is 6.26. The fourth-order valence-corrected chi connectivity index (χ4v) is 4.74. The van der Waals surface area contributed by atoms with Crippen molar-refractivity contribution < 1.29 is 4.79 Å². The first kappa shape index (κ1) is 18.2. The van der Waals surface area contributed by atoms with E-state index < -0.39 is 0 Å². The highest BCUT2D eigenvalue weighted by Crippen LogP contribution is 2.41. The summed E-state index contributed by atoms with van der Waals surface area (Å²) in [6.45, 7) is 3.73. The van der Waals surface area contributed by atoms with Crippen LogP contribution in [0, 0.1) is 5.41 Å². The van der Waals surface area contributed by atoms with Crippen LogP contribution in [0.1, 0.15) is 24.8 Å². The SMILES string of the molecule is CN(Cc1cn[nH]c1-c1ccccc1)C(=O)C1CC2(CCNCC2)CN1C. The maximum atomic E-state index is 13.2. The number of piperidine rings is 1. The van der Waals surface area contributed by atoms with Gasteiger partial charge in [0.1, 0.15) is 0 Å². The van der Waals surface area contributed by atoms with Crippen molar-refractivity contribution in [3.8, 4) is 11.3 Å². The summed E-state index contributed by atoms with van der Waals surface area (Å²) in [4.78, 5) is 17.3. The zero-order valence-electron chi connectivity index (χ0n) is 16.2. The van der Waals surface area contributed by atoms with Crippen LogP contribution in [0.5, 0.6) is 0 Å². The number of nitrogens with one attached hydrogen (secondary N) is 2. The molecule has 2 N–H and O–H groups in total. The second kappa shape index (κ2) is 7.44. The van der Waals surface area contributed by atoms with E-state index in [1.807, 2.05) is 36.3 Å². The van der Waals surface area contributed by atoms with Gasteiger partial charge in [-0.05, 0) is 50.4 Å². The Balaban J connectivity index is 1.45. The summed E-state index contributed by atoms with van der Waals surface area (Å²) < 4.78 is 0. The van der Waals surface area contributed by atoms with Gasteiger partial charge in [-0.15, -0.1) is 0 Å². The number of carbonyl (C=O) groups is 1. The molecule has 6 nitrogen and oxygen atoms in total. The van der Waals surface area contributed by atoms with Crippen molar-refractivity contribution in [1.29, 1.82) is 0 Å². The lowest BCUT2D eigenvalue weighted by atomic mass is 9.77. The van der Waals surface area contributed by atoms with E-state index in [4.69, 9.17) is 0 Å². The Morgan fingerprint density at radius 1 is 1.30 bits per heavy atom. The van der Waals surface area contributed by atoms with E-state index in [2.05, 4.69) is 39.6 Å². The number of likely N-dealkylation sites (N-methyl/N-ethyl adjacent to an activating group) is 2. The number of likely N-dealkylation sites (tertiary alicyclic amines) is 1. The fraction of sp³-hybridized carbons (Fsp3) is 0.524. The second-order valence-corrected chi connectivity index (χ2v) is 8.22. The molecule has 1 unspecified atom stereocenters. The molecule has 1 aromatic heterocycles. The topological polar surface area (TPSA) is 64.3 Å². The Morgan fingerprint density at radius 2 is 2.04 bits per heavy atom. The molecule has 2 aromatic rings. The van der Waals surface area contributed by atoms with Crippen LogP contribution in [0.3, 0.4) is 0 Å². The van der Waals surface area contributed by atoms with Crippen LogP contribution in [-0.2, 0) is 11.3 Å². The molecule has 27 heavy (non-hydrogen) atoms. The van der Waals surface area contributed by atoms with E-state index in [0.717, 1.165) is 42.9 Å². The molecule has 0 bridgehead atoms. The average Bonchev–Trinajstić information content (AvgIpc) is 3.27. The minimum atomic E-state index is -0.0137. The van der Waals surface area contributed by atoms with Crippen molar-refractivity contribution in [2.75, 3.05) is 33.7 Å².